The molecule has 0 saturated carbocycles. The molecule has 0 aromatic heterocycles. The number of β-lactam (4-membered cyclic amide) rings is 1. The molecule has 0 unspecified atom stereocenters. The fraction of sp³-hybridized carbons (Fsp3) is 0.429. The average Bonchev–Trinajstić information content (AvgIpc) is 3.08. The third-order valence-electron chi connectivity index (χ3n) is 6.45. The molecule has 10 heteroatoms. The number of fused-ring (bicyclic) bond motifs is 1. The third-order valence-corrected chi connectivity index (χ3v) is 8.02. The predicted molar refractivity (Wildman–Crippen MR) is 145 cm³/mol. The van der Waals surface area contributed by atoms with E-state index in [1.165, 1.54) is 16.7 Å². The van der Waals surface area contributed by atoms with Crippen molar-refractivity contribution < 1.29 is 29.2 Å². The molecule has 204 valence electrons. The van der Waals surface area contributed by atoms with Crippen LogP contribution in [0, 0.1) is 13.8 Å². The molecular formula is C28H36N4O5S. The molecule has 2 aromatic carbocycles. The summed E-state index contributed by atoms with van der Waals surface area (Å²) in [5.41, 5.74) is 4.03. The summed E-state index contributed by atoms with van der Waals surface area (Å²) >= 11 is 1.38. The summed E-state index contributed by atoms with van der Waals surface area (Å²) in [4.78, 5) is 49.7. The second-order valence-electron chi connectivity index (χ2n) is 10.5. The van der Waals surface area contributed by atoms with E-state index in [0.29, 0.717) is 6.54 Å². The first-order chi connectivity index (χ1) is 17.8. The van der Waals surface area contributed by atoms with Crippen LogP contribution in [0.1, 0.15) is 30.5 Å². The second-order valence-corrected chi connectivity index (χ2v) is 12.3. The normalized spacial score (nSPS) is 21.1. The van der Waals surface area contributed by atoms with Crippen LogP contribution in [0.4, 0.5) is 5.69 Å². The average molecular weight is 541 g/mol. The van der Waals surface area contributed by atoms with Crippen LogP contribution >= 0.6 is 11.8 Å². The van der Waals surface area contributed by atoms with Gasteiger partial charge in [-0.25, -0.2) is 0 Å². The molecule has 2 aromatic rings. The summed E-state index contributed by atoms with van der Waals surface area (Å²) in [6.07, 6.45) is 0.190. The highest BCUT2D eigenvalue weighted by Gasteiger charge is 2.62. The Morgan fingerprint density at radius 3 is 2.16 bits per heavy atom. The van der Waals surface area contributed by atoms with Crippen molar-refractivity contribution in [3.05, 3.63) is 65.2 Å². The zero-order valence-corrected chi connectivity index (χ0v) is 23.5. The van der Waals surface area contributed by atoms with Crippen LogP contribution in [0.2, 0.25) is 0 Å². The molecule has 3 N–H and O–H groups in total. The van der Waals surface area contributed by atoms with Gasteiger partial charge < -0.3 is 30.3 Å². The SMILES string of the molecule is CC1(C)S[C@@H]2[C@H](NC(=O)Cc3ccccc3)C(=O)N2[C@H]1C(=O)[O-].Cc1cccc(C)c1NC(=O)C[NH+](C)C. The number of quaternary nitrogens is 1. The van der Waals surface area contributed by atoms with E-state index in [4.69, 9.17) is 0 Å². The summed E-state index contributed by atoms with van der Waals surface area (Å²) in [7, 11) is 3.93. The number of hydrogen-bond donors (Lipinski definition) is 3. The van der Waals surface area contributed by atoms with Crippen LogP contribution in [-0.2, 0) is 25.6 Å². The number of carbonyl (C=O) groups is 4. The lowest BCUT2D eigenvalue weighted by molar-refractivity contribution is -0.849. The Hall–Kier alpha value is -3.37. The Labute approximate surface area is 228 Å². The molecule has 2 saturated heterocycles. The Bertz CT molecular complexity index is 1180. The summed E-state index contributed by atoms with van der Waals surface area (Å²) in [6, 6.07) is 13.6. The molecule has 38 heavy (non-hydrogen) atoms. The zero-order valence-electron chi connectivity index (χ0n) is 22.7. The molecule has 0 aliphatic carbocycles. The van der Waals surface area contributed by atoms with Crippen LogP contribution in [0.3, 0.4) is 0 Å². The van der Waals surface area contributed by atoms with E-state index < -0.39 is 22.8 Å². The standard InChI is InChI=1S/C16H18N2O4S.C12H18N2O/c1-16(2)12(15(21)22)18-13(20)11(14(18)23-16)17-10(19)8-9-6-4-3-5-7-9;1-9-6-5-7-10(2)12(9)13-11(15)8-14(3)4/h3-7,11-12,14H,8H2,1-2H3,(H,17,19)(H,21,22);5-7H,8H2,1-4H3,(H,13,15)/t11-,12+,14-;/m1./s1. The minimum absolute atomic E-state index is 0.0624. The lowest BCUT2D eigenvalue weighted by Crippen LogP contribution is -3.06. The van der Waals surface area contributed by atoms with Crippen LogP contribution in [-0.4, -0.2) is 71.4 Å². The van der Waals surface area contributed by atoms with Gasteiger partial charge in [-0.15, -0.1) is 11.8 Å². The first-order valence-corrected chi connectivity index (χ1v) is 13.4. The number of anilines is 1. The first kappa shape index (κ1) is 29.2. The predicted octanol–water partition coefficient (Wildman–Crippen LogP) is -0.0875. The second kappa shape index (κ2) is 12.0. The Kier molecular flexibility index (Phi) is 9.22. The number of benzene rings is 2. The van der Waals surface area contributed by atoms with Gasteiger partial charge in [0.05, 0.1) is 32.5 Å². The molecule has 4 rings (SSSR count). The minimum Gasteiger partial charge on any atom is -0.548 e. The monoisotopic (exact) mass is 540 g/mol. The number of likely N-dealkylation sites (N-methyl/N-ethyl adjacent to an activating group) is 1. The highest BCUT2D eigenvalue weighted by Crippen LogP contribution is 2.50. The zero-order chi connectivity index (χ0) is 28.2. The summed E-state index contributed by atoms with van der Waals surface area (Å²) in [6.45, 7) is 8.04. The molecule has 2 fully saturated rings. The molecule has 9 nitrogen and oxygen atoms in total. The number of rotatable bonds is 7. The number of para-hydroxylation sites is 1. The van der Waals surface area contributed by atoms with Crippen LogP contribution in [0.25, 0.3) is 0 Å². The van der Waals surface area contributed by atoms with Gasteiger partial charge in [-0.05, 0) is 44.4 Å². The molecular weight excluding hydrogens is 504 g/mol. The van der Waals surface area contributed by atoms with Gasteiger partial charge in [0.15, 0.2) is 6.54 Å². The van der Waals surface area contributed by atoms with Gasteiger partial charge in [-0.3, -0.25) is 14.4 Å². The maximum atomic E-state index is 12.2. The first-order valence-electron chi connectivity index (χ1n) is 12.5. The number of amides is 3. The van der Waals surface area contributed by atoms with Gasteiger partial charge >= 0.3 is 0 Å². The van der Waals surface area contributed by atoms with E-state index in [9.17, 15) is 24.3 Å². The number of hydrogen-bond acceptors (Lipinski definition) is 6. The van der Waals surface area contributed by atoms with E-state index in [0.717, 1.165) is 27.3 Å². The largest absolute Gasteiger partial charge is 0.548 e. The van der Waals surface area contributed by atoms with E-state index in [1.807, 2.05) is 76.5 Å². The van der Waals surface area contributed by atoms with Gasteiger partial charge in [0.1, 0.15) is 11.4 Å². The van der Waals surface area contributed by atoms with Crippen molar-refractivity contribution in [2.75, 3.05) is 26.0 Å². The fourth-order valence-corrected chi connectivity index (χ4v) is 6.27. The van der Waals surface area contributed by atoms with Gasteiger partial charge in [-0.1, -0.05) is 48.5 Å². The quantitative estimate of drug-likeness (QED) is 0.422. The molecule has 2 aliphatic heterocycles. The minimum atomic E-state index is -1.26. The number of carbonyl (C=O) groups excluding carboxylic acids is 4. The maximum Gasteiger partial charge on any atom is 0.279 e. The molecule has 0 bridgehead atoms. The van der Waals surface area contributed by atoms with E-state index >= 15 is 0 Å². The Morgan fingerprint density at radius 1 is 1.00 bits per heavy atom. The Balaban J connectivity index is 0.000000232. The van der Waals surface area contributed by atoms with E-state index in [2.05, 4.69) is 10.6 Å². The Morgan fingerprint density at radius 2 is 1.61 bits per heavy atom. The molecule has 2 aliphatic rings. The lowest BCUT2D eigenvalue weighted by atomic mass is 9.96. The van der Waals surface area contributed by atoms with Crippen molar-refractivity contribution in [1.82, 2.24) is 10.2 Å². The fourth-order valence-electron chi connectivity index (χ4n) is 4.65. The van der Waals surface area contributed by atoms with E-state index in [-0.39, 0.29) is 29.5 Å². The molecule has 0 spiro atoms. The molecule has 2 heterocycles. The van der Waals surface area contributed by atoms with Crippen molar-refractivity contribution in [3.63, 3.8) is 0 Å². The number of carboxylic acids is 1. The number of carboxylic acid groups (broad SMARTS) is 1. The van der Waals surface area contributed by atoms with Gasteiger partial charge in [0.25, 0.3) is 5.91 Å². The molecule has 3 amide bonds. The lowest BCUT2D eigenvalue weighted by Gasteiger charge is -2.45. The number of aryl methyl sites for hydroxylation is 2. The van der Waals surface area contributed by atoms with Gasteiger partial charge in [0, 0.05) is 10.4 Å². The number of nitrogens with one attached hydrogen (secondary N) is 3. The number of nitrogens with zero attached hydrogens (tertiary/aromatic N) is 1. The number of aliphatic carboxylic acids is 1. The van der Waals surface area contributed by atoms with Crippen molar-refractivity contribution in [2.45, 2.75) is 56.3 Å². The van der Waals surface area contributed by atoms with Crippen molar-refractivity contribution in [3.8, 4) is 0 Å². The van der Waals surface area contributed by atoms with Crippen LogP contribution < -0.4 is 20.6 Å². The van der Waals surface area contributed by atoms with Crippen molar-refractivity contribution in [1.29, 1.82) is 0 Å². The summed E-state index contributed by atoms with van der Waals surface area (Å²) in [5.74, 6) is -1.80. The van der Waals surface area contributed by atoms with Crippen molar-refractivity contribution >= 4 is 41.1 Å². The highest BCUT2D eigenvalue weighted by molar-refractivity contribution is 8.01. The van der Waals surface area contributed by atoms with Crippen molar-refractivity contribution in [2.24, 2.45) is 0 Å². The summed E-state index contributed by atoms with van der Waals surface area (Å²) < 4.78 is -0.641. The van der Waals surface area contributed by atoms with Gasteiger partial charge in [-0.2, -0.15) is 0 Å². The molecule has 3 atom stereocenters. The highest BCUT2D eigenvalue weighted by atomic mass is 32.2. The number of thioether (sulfide) groups is 1. The van der Waals surface area contributed by atoms with E-state index in [1.54, 1.807) is 13.8 Å². The molecule has 0 radical (unpaired) electrons. The van der Waals surface area contributed by atoms with Crippen LogP contribution in [0.15, 0.2) is 48.5 Å². The van der Waals surface area contributed by atoms with Crippen LogP contribution in [0.5, 0.6) is 0 Å². The van der Waals surface area contributed by atoms with Gasteiger partial charge in [0.2, 0.25) is 11.8 Å². The third kappa shape index (κ3) is 6.73. The summed E-state index contributed by atoms with van der Waals surface area (Å²) in [5, 5.41) is 16.6. The topological polar surface area (TPSA) is 123 Å². The smallest absolute Gasteiger partial charge is 0.279 e. The maximum absolute atomic E-state index is 12.2.